The van der Waals surface area contributed by atoms with Gasteiger partial charge in [0.15, 0.2) is 5.78 Å². The molecule has 0 saturated carbocycles. The topological polar surface area (TPSA) is 17.1 Å². The van der Waals surface area contributed by atoms with Crippen LogP contribution in [0.3, 0.4) is 0 Å². The molecule has 0 unspecified atom stereocenters. The average Bonchev–Trinajstić information content (AvgIpc) is 2.91. The van der Waals surface area contributed by atoms with Crippen molar-refractivity contribution in [1.82, 2.24) is 0 Å². The number of rotatable bonds is 6. The summed E-state index contributed by atoms with van der Waals surface area (Å²) in [6.45, 7) is 0. The molecule has 0 amide bonds. The smallest absolute Gasteiger partial charge is 0.193 e. The number of ketones is 1. The van der Waals surface area contributed by atoms with Crippen molar-refractivity contribution in [2.75, 3.05) is 0 Å². The van der Waals surface area contributed by atoms with Crippen molar-refractivity contribution in [2.45, 2.75) is 9.79 Å². The molecule has 5 aromatic rings. The Morgan fingerprint density at radius 3 is 1.74 bits per heavy atom. The lowest BCUT2D eigenvalue weighted by atomic mass is 9.95. The summed E-state index contributed by atoms with van der Waals surface area (Å²) in [7, 11) is 0. The fraction of sp³-hybridized carbons (Fsp3) is 0. The zero-order valence-electron chi connectivity index (χ0n) is 18.3. The van der Waals surface area contributed by atoms with Crippen LogP contribution in [-0.4, -0.2) is 5.78 Å². The summed E-state index contributed by atoms with van der Waals surface area (Å²) in [4.78, 5) is 14.7. The first kappa shape index (κ1) is 22.2. The standard InChI is InChI=1S/C31H21ClOS/c32-29-21-25(31(33)24-11-5-2-6-12-24)17-20-30(29)34-26-18-15-23(16-19-26)28-14-8-7-13-27(28)22-9-3-1-4-10-22/h1-21H. The summed E-state index contributed by atoms with van der Waals surface area (Å²) in [6, 6.07) is 42.2. The van der Waals surface area contributed by atoms with Gasteiger partial charge in [0.1, 0.15) is 0 Å². The average molecular weight is 477 g/mol. The van der Waals surface area contributed by atoms with E-state index in [9.17, 15) is 4.79 Å². The molecule has 0 N–H and O–H groups in total. The Labute approximate surface area is 209 Å². The number of hydrogen-bond acceptors (Lipinski definition) is 2. The minimum absolute atomic E-state index is 0.0273. The highest BCUT2D eigenvalue weighted by Gasteiger charge is 2.12. The Bertz CT molecular complexity index is 1430. The van der Waals surface area contributed by atoms with Gasteiger partial charge < -0.3 is 0 Å². The quantitative estimate of drug-likeness (QED) is 0.227. The van der Waals surface area contributed by atoms with Crippen LogP contribution in [-0.2, 0) is 0 Å². The van der Waals surface area contributed by atoms with E-state index in [1.807, 2.05) is 48.5 Å². The maximum atomic E-state index is 12.7. The fourth-order valence-electron chi connectivity index (χ4n) is 3.91. The van der Waals surface area contributed by atoms with Gasteiger partial charge in [-0.25, -0.2) is 0 Å². The first-order chi connectivity index (χ1) is 16.7. The molecule has 0 heterocycles. The molecule has 0 aliphatic rings. The highest BCUT2D eigenvalue weighted by Crippen LogP contribution is 2.37. The van der Waals surface area contributed by atoms with Crippen LogP contribution in [0.15, 0.2) is 137 Å². The van der Waals surface area contributed by atoms with Crippen molar-refractivity contribution in [3.8, 4) is 22.3 Å². The molecule has 34 heavy (non-hydrogen) atoms. The van der Waals surface area contributed by atoms with E-state index in [-0.39, 0.29) is 5.78 Å². The molecular weight excluding hydrogens is 456 g/mol. The van der Waals surface area contributed by atoms with E-state index >= 15 is 0 Å². The molecule has 3 heteroatoms. The molecule has 0 saturated heterocycles. The zero-order chi connectivity index (χ0) is 23.3. The lowest BCUT2D eigenvalue weighted by Gasteiger charge is -2.11. The van der Waals surface area contributed by atoms with E-state index in [4.69, 9.17) is 11.6 Å². The van der Waals surface area contributed by atoms with Crippen molar-refractivity contribution in [3.05, 3.63) is 144 Å². The predicted molar refractivity (Wildman–Crippen MR) is 143 cm³/mol. The Morgan fingerprint density at radius 1 is 0.559 bits per heavy atom. The molecule has 1 nitrogen and oxygen atoms in total. The summed E-state index contributed by atoms with van der Waals surface area (Å²) < 4.78 is 0. The van der Waals surface area contributed by atoms with Crippen LogP contribution in [0.4, 0.5) is 0 Å². The summed E-state index contributed by atoms with van der Waals surface area (Å²) >= 11 is 8.15. The fourth-order valence-corrected chi connectivity index (χ4v) is 5.03. The van der Waals surface area contributed by atoms with Crippen molar-refractivity contribution in [3.63, 3.8) is 0 Å². The number of halogens is 1. The van der Waals surface area contributed by atoms with Gasteiger partial charge >= 0.3 is 0 Å². The summed E-state index contributed by atoms with van der Waals surface area (Å²) in [5.41, 5.74) is 6.03. The van der Waals surface area contributed by atoms with Gasteiger partial charge in [0.2, 0.25) is 0 Å². The third-order valence-electron chi connectivity index (χ3n) is 5.64. The molecule has 0 aromatic heterocycles. The molecule has 0 spiro atoms. The van der Waals surface area contributed by atoms with E-state index < -0.39 is 0 Å². The summed E-state index contributed by atoms with van der Waals surface area (Å²) in [5, 5.41) is 0.574. The second-order valence-corrected chi connectivity index (χ2v) is 9.40. The first-order valence-corrected chi connectivity index (χ1v) is 12.2. The number of benzene rings is 5. The van der Waals surface area contributed by atoms with E-state index in [1.165, 1.54) is 22.3 Å². The van der Waals surface area contributed by atoms with Crippen molar-refractivity contribution >= 4 is 29.1 Å². The predicted octanol–water partition coefficient (Wildman–Crippen LogP) is 9.06. The van der Waals surface area contributed by atoms with E-state index in [0.29, 0.717) is 16.1 Å². The van der Waals surface area contributed by atoms with Crippen LogP contribution in [0.2, 0.25) is 5.02 Å². The lowest BCUT2D eigenvalue weighted by molar-refractivity contribution is 0.103. The molecule has 0 atom stereocenters. The van der Waals surface area contributed by atoms with Gasteiger partial charge in [-0.05, 0) is 52.6 Å². The second-order valence-electron chi connectivity index (χ2n) is 7.88. The van der Waals surface area contributed by atoms with Crippen LogP contribution >= 0.6 is 23.4 Å². The molecule has 5 rings (SSSR count). The SMILES string of the molecule is O=C(c1ccccc1)c1ccc(Sc2ccc(-c3ccccc3-c3ccccc3)cc2)c(Cl)c1. The molecule has 0 radical (unpaired) electrons. The lowest BCUT2D eigenvalue weighted by Crippen LogP contribution is -2.00. The van der Waals surface area contributed by atoms with Gasteiger partial charge in [-0.2, -0.15) is 0 Å². The minimum atomic E-state index is -0.0273. The molecule has 0 aliphatic carbocycles. The maximum absolute atomic E-state index is 12.7. The second kappa shape index (κ2) is 10.1. The summed E-state index contributed by atoms with van der Waals surface area (Å²) in [6.07, 6.45) is 0. The normalized spacial score (nSPS) is 10.7. The minimum Gasteiger partial charge on any atom is -0.289 e. The van der Waals surface area contributed by atoms with Gasteiger partial charge in [-0.15, -0.1) is 0 Å². The Morgan fingerprint density at radius 2 is 1.12 bits per heavy atom. The summed E-state index contributed by atoms with van der Waals surface area (Å²) in [5.74, 6) is -0.0273. The van der Waals surface area contributed by atoms with Crippen LogP contribution in [0, 0.1) is 0 Å². The van der Waals surface area contributed by atoms with E-state index in [2.05, 4.69) is 72.8 Å². The highest BCUT2D eigenvalue weighted by atomic mass is 35.5. The number of carbonyl (C=O) groups excluding carboxylic acids is 1. The van der Waals surface area contributed by atoms with E-state index in [0.717, 1.165) is 9.79 Å². The zero-order valence-corrected chi connectivity index (χ0v) is 19.9. The van der Waals surface area contributed by atoms with Crippen LogP contribution in [0.5, 0.6) is 0 Å². The Hall–Kier alpha value is -3.59. The molecule has 0 aliphatic heterocycles. The molecular formula is C31H21ClOS. The van der Waals surface area contributed by atoms with Gasteiger partial charge in [0.05, 0.1) is 5.02 Å². The van der Waals surface area contributed by atoms with Crippen molar-refractivity contribution in [2.24, 2.45) is 0 Å². The number of carbonyl (C=O) groups is 1. The third kappa shape index (κ3) is 4.84. The highest BCUT2D eigenvalue weighted by molar-refractivity contribution is 7.99. The third-order valence-corrected chi connectivity index (χ3v) is 7.14. The van der Waals surface area contributed by atoms with Crippen molar-refractivity contribution < 1.29 is 4.79 Å². The largest absolute Gasteiger partial charge is 0.289 e. The maximum Gasteiger partial charge on any atom is 0.193 e. The Kier molecular flexibility index (Phi) is 6.62. The van der Waals surface area contributed by atoms with Crippen LogP contribution in [0.25, 0.3) is 22.3 Å². The Balaban J connectivity index is 1.36. The van der Waals surface area contributed by atoms with Gasteiger partial charge in [0, 0.05) is 20.9 Å². The molecule has 5 aromatic carbocycles. The van der Waals surface area contributed by atoms with Crippen LogP contribution in [0.1, 0.15) is 15.9 Å². The first-order valence-electron chi connectivity index (χ1n) is 11.0. The van der Waals surface area contributed by atoms with Gasteiger partial charge in [-0.1, -0.05) is 120 Å². The molecule has 164 valence electrons. The monoisotopic (exact) mass is 476 g/mol. The molecule has 0 fully saturated rings. The van der Waals surface area contributed by atoms with Crippen LogP contribution < -0.4 is 0 Å². The van der Waals surface area contributed by atoms with E-state index in [1.54, 1.807) is 17.8 Å². The number of hydrogen-bond donors (Lipinski definition) is 0. The van der Waals surface area contributed by atoms with Gasteiger partial charge in [-0.3, -0.25) is 4.79 Å². The molecule has 0 bridgehead atoms. The van der Waals surface area contributed by atoms with Gasteiger partial charge in [0.25, 0.3) is 0 Å². The van der Waals surface area contributed by atoms with Crippen molar-refractivity contribution in [1.29, 1.82) is 0 Å².